The Morgan fingerprint density at radius 1 is 1.16 bits per heavy atom. The number of hydrogen-bond donors (Lipinski definition) is 0. The van der Waals surface area contributed by atoms with Crippen LogP contribution in [0.1, 0.15) is 5.56 Å². The number of benzene rings is 2. The molecule has 1 amide bonds. The van der Waals surface area contributed by atoms with Crippen LogP contribution in [0.2, 0.25) is 0 Å². The number of nitrogens with zero attached hydrogens (tertiary/aromatic N) is 1. The molecule has 0 spiro atoms. The van der Waals surface area contributed by atoms with Crippen LogP contribution < -0.4 is 9.64 Å². The third-order valence-corrected chi connectivity index (χ3v) is 3.62. The molecule has 2 aromatic rings. The van der Waals surface area contributed by atoms with Crippen molar-refractivity contribution in [3.63, 3.8) is 0 Å². The Kier molecular flexibility index (Phi) is 4.52. The van der Waals surface area contributed by atoms with Gasteiger partial charge in [0.1, 0.15) is 18.2 Å². The summed E-state index contributed by atoms with van der Waals surface area (Å²) in [7, 11) is 0. The molecule has 0 N–H and O–H groups in total. The molecule has 3 rings (SSSR count). The first kappa shape index (κ1) is 17.1. The third-order valence-electron chi connectivity index (χ3n) is 3.62. The van der Waals surface area contributed by atoms with Crippen LogP contribution in [0.25, 0.3) is 0 Å². The fourth-order valence-electron chi connectivity index (χ4n) is 2.43. The van der Waals surface area contributed by atoms with Crippen molar-refractivity contribution >= 4 is 11.8 Å². The Labute approximate surface area is 140 Å². The van der Waals surface area contributed by atoms with E-state index in [4.69, 9.17) is 9.47 Å². The van der Waals surface area contributed by atoms with E-state index in [0.29, 0.717) is 17.8 Å². The van der Waals surface area contributed by atoms with Gasteiger partial charge in [-0.25, -0.2) is 9.18 Å². The zero-order valence-electron chi connectivity index (χ0n) is 12.8. The molecule has 0 aromatic heterocycles. The highest BCUT2D eigenvalue weighted by molar-refractivity contribution is 5.89. The molecule has 1 saturated heterocycles. The zero-order valence-corrected chi connectivity index (χ0v) is 12.8. The number of hydrogen-bond acceptors (Lipinski definition) is 3. The molecule has 1 aliphatic rings. The number of halogens is 4. The summed E-state index contributed by atoms with van der Waals surface area (Å²) in [6.45, 7) is 0.0637. The minimum atomic E-state index is -4.81. The summed E-state index contributed by atoms with van der Waals surface area (Å²) in [6, 6.07) is 11.2. The Morgan fingerprint density at radius 3 is 2.56 bits per heavy atom. The maximum absolute atomic E-state index is 13.2. The summed E-state index contributed by atoms with van der Waals surface area (Å²) in [5, 5.41) is 0. The first-order valence-corrected chi connectivity index (χ1v) is 7.37. The van der Waals surface area contributed by atoms with Crippen LogP contribution in [-0.4, -0.2) is 25.3 Å². The summed E-state index contributed by atoms with van der Waals surface area (Å²) < 4.78 is 61.7. The highest BCUT2D eigenvalue weighted by atomic mass is 19.4. The molecule has 1 aliphatic heterocycles. The molecule has 0 bridgehead atoms. The van der Waals surface area contributed by atoms with Gasteiger partial charge >= 0.3 is 12.3 Å². The zero-order chi connectivity index (χ0) is 18.0. The molecule has 1 atom stereocenters. The van der Waals surface area contributed by atoms with E-state index in [1.54, 1.807) is 30.3 Å². The van der Waals surface area contributed by atoms with E-state index in [0.717, 1.165) is 6.07 Å². The summed E-state index contributed by atoms with van der Waals surface area (Å²) in [5.41, 5.74) is -0.754. The van der Waals surface area contributed by atoms with Gasteiger partial charge in [0.15, 0.2) is 6.10 Å². The van der Waals surface area contributed by atoms with Crippen LogP contribution in [0.5, 0.6) is 5.75 Å². The lowest BCUT2D eigenvalue weighted by Crippen LogP contribution is -2.26. The van der Waals surface area contributed by atoms with Crippen molar-refractivity contribution in [3.8, 4) is 5.75 Å². The number of ether oxygens (including phenoxy) is 2. The molecule has 1 unspecified atom stereocenters. The highest BCUT2D eigenvalue weighted by Crippen LogP contribution is 2.33. The van der Waals surface area contributed by atoms with E-state index in [9.17, 15) is 22.4 Å². The minimum Gasteiger partial charge on any atom is -0.490 e. The molecule has 2 aromatic carbocycles. The maximum Gasteiger partial charge on any atom is 0.419 e. The van der Waals surface area contributed by atoms with Crippen molar-refractivity contribution in [1.82, 2.24) is 0 Å². The molecule has 0 radical (unpaired) electrons. The third kappa shape index (κ3) is 3.84. The molecule has 132 valence electrons. The van der Waals surface area contributed by atoms with Crippen molar-refractivity contribution in [3.05, 3.63) is 59.9 Å². The van der Waals surface area contributed by atoms with Gasteiger partial charge in [-0.05, 0) is 30.3 Å². The average molecular weight is 355 g/mol. The van der Waals surface area contributed by atoms with Gasteiger partial charge in [-0.15, -0.1) is 0 Å². The normalized spacial score (nSPS) is 17.5. The lowest BCUT2D eigenvalue weighted by Gasteiger charge is -2.14. The molecule has 8 heteroatoms. The van der Waals surface area contributed by atoms with Crippen LogP contribution in [0.15, 0.2) is 48.5 Å². The monoisotopic (exact) mass is 355 g/mol. The van der Waals surface area contributed by atoms with Crippen LogP contribution in [-0.2, 0) is 10.9 Å². The SMILES string of the molecule is O=C1OC(COc2ccc(F)c(C(F)(F)F)c2)CN1c1ccccc1. The van der Waals surface area contributed by atoms with Crippen molar-refractivity contribution < 1.29 is 31.8 Å². The van der Waals surface area contributed by atoms with Crippen molar-refractivity contribution in [1.29, 1.82) is 0 Å². The van der Waals surface area contributed by atoms with E-state index in [1.807, 2.05) is 0 Å². The van der Waals surface area contributed by atoms with Gasteiger partial charge in [0.25, 0.3) is 0 Å². The number of carbonyl (C=O) groups is 1. The molecule has 4 nitrogen and oxygen atoms in total. The van der Waals surface area contributed by atoms with Crippen molar-refractivity contribution in [2.75, 3.05) is 18.1 Å². The van der Waals surface area contributed by atoms with E-state index in [2.05, 4.69) is 0 Å². The largest absolute Gasteiger partial charge is 0.490 e. The minimum absolute atomic E-state index is 0.141. The fraction of sp³-hybridized carbons (Fsp3) is 0.235. The molecular formula is C17H13F4NO3. The van der Waals surface area contributed by atoms with Gasteiger partial charge in [0.05, 0.1) is 12.1 Å². The predicted molar refractivity (Wildman–Crippen MR) is 81.0 cm³/mol. The number of anilines is 1. The Balaban J connectivity index is 1.64. The molecule has 0 saturated carbocycles. The number of alkyl halides is 3. The Bertz CT molecular complexity index is 764. The quantitative estimate of drug-likeness (QED) is 0.770. The van der Waals surface area contributed by atoms with Gasteiger partial charge in [-0.2, -0.15) is 13.2 Å². The summed E-state index contributed by atoms with van der Waals surface area (Å²) >= 11 is 0. The topological polar surface area (TPSA) is 38.8 Å². The number of amides is 1. The van der Waals surface area contributed by atoms with Gasteiger partial charge in [0, 0.05) is 5.69 Å². The van der Waals surface area contributed by atoms with Crippen LogP contribution in [0, 0.1) is 5.82 Å². The molecular weight excluding hydrogens is 342 g/mol. The second kappa shape index (κ2) is 6.62. The average Bonchev–Trinajstić information content (AvgIpc) is 2.95. The van der Waals surface area contributed by atoms with E-state index in [1.165, 1.54) is 4.90 Å². The summed E-state index contributed by atoms with van der Waals surface area (Å²) in [6.07, 6.45) is -6.02. The number of cyclic esters (lactones) is 1. The Hall–Kier alpha value is -2.77. The molecule has 25 heavy (non-hydrogen) atoms. The lowest BCUT2D eigenvalue weighted by atomic mass is 10.2. The van der Waals surface area contributed by atoms with Gasteiger partial charge in [-0.1, -0.05) is 18.2 Å². The molecule has 1 fully saturated rings. The summed E-state index contributed by atoms with van der Waals surface area (Å²) in [5.74, 6) is -1.52. The van der Waals surface area contributed by atoms with Crippen molar-refractivity contribution in [2.45, 2.75) is 12.3 Å². The highest BCUT2D eigenvalue weighted by Gasteiger charge is 2.35. The molecule has 0 aliphatic carbocycles. The second-order valence-corrected chi connectivity index (χ2v) is 5.40. The van der Waals surface area contributed by atoms with Gasteiger partial charge < -0.3 is 9.47 Å². The number of rotatable bonds is 4. The first-order valence-electron chi connectivity index (χ1n) is 7.37. The second-order valence-electron chi connectivity index (χ2n) is 5.40. The van der Waals surface area contributed by atoms with E-state index in [-0.39, 0.29) is 18.9 Å². The fourth-order valence-corrected chi connectivity index (χ4v) is 2.43. The standard InChI is InChI=1S/C17H13F4NO3/c18-15-7-6-12(8-14(15)17(19,20)21)24-10-13-9-22(16(23)25-13)11-4-2-1-3-5-11/h1-8,13H,9-10H2. The lowest BCUT2D eigenvalue weighted by molar-refractivity contribution is -0.140. The first-order chi connectivity index (χ1) is 11.8. The Morgan fingerprint density at radius 2 is 1.88 bits per heavy atom. The van der Waals surface area contributed by atoms with E-state index >= 15 is 0 Å². The van der Waals surface area contributed by atoms with E-state index < -0.39 is 29.8 Å². The summed E-state index contributed by atoms with van der Waals surface area (Å²) in [4.78, 5) is 13.3. The number of para-hydroxylation sites is 1. The number of carbonyl (C=O) groups excluding carboxylic acids is 1. The van der Waals surface area contributed by atoms with Gasteiger partial charge in [-0.3, -0.25) is 4.90 Å². The van der Waals surface area contributed by atoms with Crippen molar-refractivity contribution in [2.24, 2.45) is 0 Å². The maximum atomic E-state index is 13.2. The van der Waals surface area contributed by atoms with Crippen LogP contribution >= 0.6 is 0 Å². The van der Waals surface area contributed by atoms with Crippen LogP contribution in [0.4, 0.5) is 28.0 Å². The smallest absolute Gasteiger partial charge is 0.419 e. The van der Waals surface area contributed by atoms with Gasteiger partial charge in [0.2, 0.25) is 0 Å². The molecule has 1 heterocycles. The van der Waals surface area contributed by atoms with Crippen LogP contribution in [0.3, 0.4) is 0 Å². The predicted octanol–water partition coefficient (Wildman–Crippen LogP) is 4.25.